The van der Waals surface area contributed by atoms with E-state index >= 15 is 0 Å². The van der Waals surface area contributed by atoms with E-state index in [4.69, 9.17) is 9.47 Å². The number of benzene rings is 4. The molecule has 0 fully saturated rings. The van der Waals surface area contributed by atoms with Crippen LogP contribution in [0.3, 0.4) is 0 Å². The largest absolute Gasteiger partial charge is 0.490 e. The first kappa shape index (κ1) is 14.8. The number of rotatable bonds is 3. The van der Waals surface area contributed by atoms with Crippen LogP contribution in [0.2, 0.25) is 0 Å². The SMILES string of the molecule is COc1nnnc(-c2ccc3ccc4cccc5ccc2c3c45)c1OC. The van der Waals surface area contributed by atoms with Gasteiger partial charge in [0.25, 0.3) is 5.88 Å². The average Bonchev–Trinajstić information content (AvgIpc) is 2.71. The van der Waals surface area contributed by atoms with Crippen molar-refractivity contribution in [1.29, 1.82) is 0 Å². The highest BCUT2D eigenvalue weighted by atomic mass is 16.5. The molecule has 0 amide bonds. The summed E-state index contributed by atoms with van der Waals surface area (Å²) in [5.74, 6) is 0.806. The third-order valence-electron chi connectivity index (χ3n) is 4.87. The summed E-state index contributed by atoms with van der Waals surface area (Å²) in [5.41, 5.74) is 1.57. The van der Waals surface area contributed by atoms with Crippen molar-refractivity contribution >= 4 is 32.3 Å². The van der Waals surface area contributed by atoms with Crippen molar-refractivity contribution < 1.29 is 9.47 Å². The predicted octanol–water partition coefficient (Wildman–Crippen LogP) is 4.45. The molecule has 126 valence electrons. The van der Waals surface area contributed by atoms with E-state index in [1.165, 1.54) is 26.9 Å². The Morgan fingerprint density at radius 2 is 1.38 bits per heavy atom. The lowest BCUT2D eigenvalue weighted by Crippen LogP contribution is -2.01. The first-order chi connectivity index (χ1) is 12.8. The molecule has 0 aliphatic heterocycles. The summed E-state index contributed by atoms with van der Waals surface area (Å²) >= 11 is 0. The molecule has 0 aliphatic carbocycles. The van der Waals surface area contributed by atoms with Gasteiger partial charge in [0.2, 0.25) is 5.75 Å². The zero-order chi connectivity index (χ0) is 17.7. The molecule has 0 aliphatic rings. The van der Waals surface area contributed by atoms with Crippen molar-refractivity contribution in [2.75, 3.05) is 14.2 Å². The van der Waals surface area contributed by atoms with Crippen molar-refractivity contribution in [2.45, 2.75) is 0 Å². The maximum absolute atomic E-state index is 5.52. The molecule has 5 rings (SSSR count). The Morgan fingerprint density at radius 3 is 2.12 bits per heavy atom. The van der Waals surface area contributed by atoms with Gasteiger partial charge in [-0.2, -0.15) is 0 Å². The summed E-state index contributed by atoms with van der Waals surface area (Å²) in [7, 11) is 3.13. The van der Waals surface area contributed by atoms with E-state index in [2.05, 4.69) is 63.9 Å². The fraction of sp³-hybridized carbons (Fsp3) is 0.0952. The van der Waals surface area contributed by atoms with Crippen LogP contribution in [0.15, 0.2) is 54.6 Å². The minimum atomic E-state index is 0.322. The zero-order valence-corrected chi connectivity index (χ0v) is 14.4. The smallest absolute Gasteiger partial charge is 0.280 e. The highest BCUT2D eigenvalue weighted by molar-refractivity contribution is 6.25. The van der Waals surface area contributed by atoms with Crippen molar-refractivity contribution in [1.82, 2.24) is 15.4 Å². The van der Waals surface area contributed by atoms with Gasteiger partial charge in [-0.05, 0) is 37.5 Å². The Morgan fingerprint density at radius 1 is 0.692 bits per heavy atom. The van der Waals surface area contributed by atoms with E-state index in [9.17, 15) is 0 Å². The third-order valence-corrected chi connectivity index (χ3v) is 4.87. The summed E-state index contributed by atoms with van der Waals surface area (Å²) in [6.45, 7) is 0. The van der Waals surface area contributed by atoms with E-state index in [0.717, 1.165) is 10.9 Å². The van der Waals surface area contributed by atoms with Crippen LogP contribution in [0, 0.1) is 0 Å². The lowest BCUT2D eigenvalue weighted by atomic mass is 9.91. The van der Waals surface area contributed by atoms with Gasteiger partial charge in [0.05, 0.1) is 14.2 Å². The highest BCUT2D eigenvalue weighted by Gasteiger charge is 2.19. The number of aromatic nitrogens is 3. The highest BCUT2D eigenvalue weighted by Crippen LogP contribution is 2.42. The molecule has 4 aromatic carbocycles. The minimum Gasteiger partial charge on any atom is -0.490 e. The van der Waals surface area contributed by atoms with E-state index in [0.29, 0.717) is 17.3 Å². The normalized spacial score (nSPS) is 11.5. The molecule has 0 N–H and O–H groups in total. The molecule has 26 heavy (non-hydrogen) atoms. The van der Waals surface area contributed by atoms with Crippen LogP contribution in [0.25, 0.3) is 43.6 Å². The standard InChI is InChI=1S/C21H15N3O2/c1-25-20-19(22-24-23-21(20)26-2)16-11-9-14-7-6-12-4-3-5-13-8-10-15(16)18(14)17(12)13/h3-11H,1-2H3. The number of nitrogens with zero attached hydrogens (tertiary/aromatic N) is 3. The van der Waals surface area contributed by atoms with Crippen LogP contribution in [0.4, 0.5) is 0 Å². The first-order valence-electron chi connectivity index (χ1n) is 8.30. The molecule has 5 aromatic rings. The predicted molar refractivity (Wildman–Crippen MR) is 102 cm³/mol. The Balaban J connectivity index is 1.94. The quantitative estimate of drug-likeness (QED) is 0.454. The lowest BCUT2D eigenvalue weighted by Gasteiger charge is -2.15. The van der Waals surface area contributed by atoms with Crippen LogP contribution in [0.1, 0.15) is 0 Å². The maximum atomic E-state index is 5.52. The molecule has 5 nitrogen and oxygen atoms in total. The van der Waals surface area contributed by atoms with Crippen LogP contribution >= 0.6 is 0 Å². The fourth-order valence-electron chi connectivity index (χ4n) is 3.74. The van der Waals surface area contributed by atoms with Gasteiger partial charge in [0.15, 0.2) is 0 Å². The van der Waals surface area contributed by atoms with Gasteiger partial charge in [-0.25, -0.2) is 0 Å². The topological polar surface area (TPSA) is 57.1 Å². The van der Waals surface area contributed by atoms with E-state index in [-0.39, 0.29) is 0 Å². The Hall–Kier alpha value is -3.47. The van der Waals surface area contributed by atoms with Crippen LogP contribution in [-0.4, -0.2) is 29.6 Å². The second-order valence-corrected chi connectivity index (χ2v) is 6.15. The molecule has 1 heterocycles. The van der Waals surface area contributed by atoms with Crippen molar-refractivity contribution in [3.05, 3.63) is 54.6 Å². The summed E-state index contributed by atoms with van der Waals surface area (Å²) in [6.07, 6.45) is 0. The molecule has 0 bridgehead atoms. The lowest BCUT2D eigenvalue weighted by molar-refractivity contribution is 0.335. The van der Waals surface area contributed by atoms with Gasteiger partial charge in [-0.15, -0.1) is 5.10 Å². The first-order valence-corrected chi connectivity index (χ1v) is 8.30. The Kier molecular flexibility index (Phi) is 3.15. The van der Waals surface area contributed by atoms with Crippen LogP contribution < -0.4 is 9.47 Å². The molecular formula is C21H15N3O2. The number of hydrogen-bond acceptors (Lipinski definition) is 5. The third kappa shape index (κ3) is 1.94. The molecular weight excluding hydrogens is 326 g/mol. The minimum absolute atomic E-state index is 0.322. The van der Waals surface area contributed by atoms with Crippen LogP contribution in [0.5, 0.6) is 11.6 Å². The Bertz CT molecular complexity index is 1250. The molecule has 1 aromatic heterocycles. The summed E-state index contributed by atoms with van der Waals surface area (Å²) in [4.78, 5) is 0. The fourth-order valence-corrected chi connectivity index (χ4v) is 3.74. The second kappa shape index (κ2) is 5.52. The van der Waals surface area contributed by atoms with Crippen LogP contribution in [-0.2, 0) is 0 Å². The molecule has 0 spiro atoms. The van der Waals surface area contributed by atoms with E-state index in [1.807, 2.05) is 6.07 Å². The van der Waals surface area contributed by atoms with Gasteiger partial charge in [-0.1, -0.05) is 59.7 Å². The number of hydrogen-bond donors (Lipinski definition) is 0. The van der Waals surface area contributed by atoms with Gasteiger partial charge in [-0.3, -0.25) is 0 Å². The van der Waals surface area contributed by atoms with Crippen molar-refractivity contribution in [2.24, 2.45) is 0 Å². The van der Waals surface area contributed by atoms with Gasteiger partial charge >= 0.3 is 0 Å². The zero-order valence-electron chi connectivity index (χ0n) is 14.4. The monoisotopic (exact) mass is 341 g/mol. The molecule has 0 saturated heterocycles. The second-order valence-electron chi connectivity index (χ2n) is 6.15. The number of methoxy groups -OCH3 is 2. The molecule has 0 atom stereocenters. The average molecular weight is 341 g/mol. The van der Waals surface area contributed by atoms with E-state index < -0.39 is 0 Å². The molecule has 0 saturated carbocycles. The van der Waals surface area contributed by atoms with E-state index in [1.54, 1.807) is 14.2 Å². The Labute approximate surface area is 149 Å². The summed E-state index contributed by atoms with van der Waals surface area (Å²) < 4.78 is 10.8. The van der Waals surface area contributed by atoms with Crippen molar-refractivity contribution in [3.8, 4) is 22.9 Å². The molecule has 0 radical (unpaired) electrons. The molecule has 5 heteroatoms. The molecule has 0 unspecified atom stereocenters. The number of ether oxygens (including phenoxy) is 2. The maximum Gasteiger partial charge on any atom is 0.280 e. The van der Waals surface area contributed by atoms with Gasteiger partial charge in [0, 0.05) is 5.56 Å². The van der Waals surface area contributed by atoms with Gasteiger partial charge < -0.3 is 9.47 Å². The van der Waals surface area contributed by atoms with Crippen molar-refractivity contribution in [3.63, 3.8) is 0 Å². The summed E-state index contributed by atoms with van der Waals surface area (Å²) in [5, 5.41) is 19.2. The van der Waals surface area contributed by atoms with Gasteiger partial charge in [0.1, 0.15) is 5.69 Å². The summed E-state index contributed by atoms with van der Waals surface area (Å²) in [6, 6.07) is 19.1.